The van der Waals surface area contributed by atoms with E-state index >= 15 is 0 Å². The molecule has 22 heavy (non-hydrogen) atoms. The summed E-state index contributed by atoms with van der Waals surface area (Å²) >= 11 is 1.75. The highest BCUT2D eigenvalue weighted by molar-refractivity contribution is 7.10. The fourth-order valence-electron chi connectivity index (χ4n) is 2.95. The summed E-state index contributed by atoms with van der Waals surface area (Å²) in [4.78, 5) is 15.8. The van der Waals surface area contributed by atoms with Crippen LogP contribution in [0.15, 0.2) is 29.6 Å². The van der Waals surface area contributed by atoms with Crippen molar-refractivity contribution in [1.82, 2.24) is 4.90 Å². The maximum absolute atomic E-state index is 13.7. The first-order chi connectivity index (χ1) is 10.6. The molecule has 0 N–H and O–H groups in total. The average molecular weight is 319 g/mol. The zero-order chi connectivity index (χ0) is 15.7. The second-order valence-corrected chi connectivity index (χ2v) is 6.46. The first kappa shape index (κ1) is 15.0. The fraction of sp³-hybridized carbons (Fsp3) is 0.353. The van der Waals surface area contributed by atoms with Crippen LogP contribution in [0.2, 0.25) is 0 Å². The highest BCUT2D eigenvalue weighted by Gasteiger charge is 2.28. The number of hydrogen-bond donors (Lipinski definition) is 0. The van der Waals surface area contributed by atoms with Gasteiger partial charge in [-0.05, 0) is 48.1 Å². The Bertz CT molecular complexity index is 698. The Hall–Kier alpha value is -1.88. The number of carbonyl (C=O) groups is 1. The first-order valence-electron chi connectivity index (χ1n) is 7.28. The van der Waals surface area contributed by atoms with Gasteiger partial charge in [-0.25, -0.2) is 4.39 Å². The van der Waals surface area contributed by atoms with Crippen molar-refractivity contribution in [2.45, 2.75) is 25.8 Å². The quantitative estimate of drug-likeness (QED) is 0.865. The molecule has 0 radical (unpaired) electrons. The molecule has 5 heteroatoms. The number of halogens is 1. The first-order valence-corrected chi connectivity index (χ1v) is 8.16. The number of rotatable bonds is 3. The molecule has 0 unspecified atom stereocenters. The van der Waals surface area contributed by atoms with E-state index in [0.717, 1.165) is 13.0 Å². The molecule has 0 bridgehead atoms. The molecule has 1 aliphatic rings. The van der Waals surface area contributed by atoms with Crippen molar-refractivity contribution in [3.05, 3.63) is 51.5 Å². The van der Waals surface area contributed by atoms with E-state index in [1.54, 1.807) is 23.5 Å². The Morgan fingerprint density at radius 1 is 1.45 bits per heavy atom. The number of amides is 1. The van der Waals surface area contributed by atoms with Gasteiger partial charge < -0.3 is 9.64 Å². The molecular formula is C17H18FNO2S. The van der Waals surface area contributed by atoms with E-state index in [1.165, 1.54) is 23.6 Å². The number of methoxy groups -OCH3 is 1. The van der Waals surface area contributed by atoms with Crippen molar-refractivity contribution in [3.63, 3.8) is 0 Å². The van der Waals surface area contributed by atoms with E-state index in [0.29, 0.717) is 5.56 Å². The van der Waals surface area contributed by atoms with Gasteiger partial charge in [-0.3, -0.25) is 4.79 Å². The van der Waals surface area contributed by atoms with E-state index in [9.17, 15) is 9.18 Å². The Morgan fingerprint density at radius 3 is 3.00 bits per heavy atom. The molecule has 2 heterocycles. The molecule has 1 aliphatic heterocycles. The number of carbonyl (C=O) groups excluding carboxylic acids is 1. The standard InChI is InChI=1S/C17H18FNO2S/c1-11-13-6-8-22-16(13)5-7-19(11)17(20)10-12-3-4-15(21-2)14(18)9-12/h3-4,6,8-9,11H,5,7,10H2,1-2H3/t11-/m1/s1. The molecule has 0 aliphatic carbocycles. The summed E-state index contributed by atoms with van der Waals surface area (Å²) in [5, 5.41) is 2.08. The van der Waals surface area contributed by atoms with E-state index in [4.69, 9.17) is 4.74 Å². The highest BCUT2D eigenvalue weighted by Crippen LogP contribution is 2.33. The lowest BCUT2D eigenvalue weighted by Crippen LogP contribution is -2.39. The molecule has 0 saturated carbocycles. The lowest BCUT2D eigenvalue weighted by Gasteiger charge is -2.33. The Labute approximate surface area is 133 Å². The molecule has 2 aromatic rings. The smallest absolute Gasteiger partial charge is 0.227 e. The summed E-state index contributed by atoms with van der Waals surface area (Å²) < 4.78 is 18.6. The monoisotopic (exact) mass is 319 g/mol. The number of hydrogen-bond acceptors (Lipinski definition) is 3. The van der Waals surface area contributed by atoms with Crippen LogP contribution in [0.1, 0.15) is 29.0 Å². The Balaban J connectivity index is 1.74. The van der Waals surface area contributed by atoms with Crippen LogP contribution in [0.5, 0.6) is 5.75 Å². The minimum atomic E-state index is -0.431. The van der Waals surface area contributed by atoms with Crippen LogP contribution in [-0.2, 0) is 17.6 Å². The van der Waals surface area contributed by atoms with Gasteiger partial charge in [0.1, 0.15) is 0 Å². The Morgan fingerprint density at radius 2 is 2.27 bits per heavy atom. The van der Waals surface area contributed by atoms with Gasteiger partial charge in [0.05, 0.1) is 19.6 Å². The lowest BCUT2D eigenvalue weighted by molar-refractivity contribution is -0.133. The zero-order valence-corrected chi connectivity index (χ0v) is 13.5. The van der Waals surface area contributed by atoms with Gasteiger partial charge >= 0.3 is 0 Å². The second-order valence-electron chi connectivity index (χ2n) is 5.46. The van der Waals surface area contributed by atoms with Crippen molar-refractivity contribution >= 4 is 17.2 Å². The van der Waals surface area contributed by atoms with Gasteiger partial charge in [-0.2, -0.15) is 0 Å². The van der Waals surface area contributed by atoms with Crippen molar-refractivity contribution in [3.8, 4) is 5.75 Å². The third-order valence-corrected chi connectivity index (χ3v) is 5.17. The third kappa shape index (κ3) is 2.73. The lowest BCUT2D eigenvalue weighted by atomic mass is 10.0. The fourth-order valence-corrected chi connectivity index (χ4v) is 3.91. The van der Waals surface area contributed by atoms with Gasteiger partial charge in [0.2, 0.25) is 5.91 Å². The molecule has 0 fully saturated rings. The number of fused-ring (bicyclic) bond motifs is 1. The van der Waals surface area contributed by atoms with Gasteiger partial charge in [-0.15, -0.1) is 11.3 Å². The zero-order valence-electron chi connectivity index (χ0n) is 12.6. The molecule has 3 nitrogen and oxygen atoms in total. The molecule has 1 atom stereocenters. The van der Waals surface area contributed by atoms with Crippen LogP contribution in [0.3, 0.4) is 0 Å². The molecule has 1 aromatic heterocycles. The normalized spacial score (nSPS) is 17.2. The van der Waals surface area contributed by atoms with Crippen LogP contribution in [0.4, 0.5) is 4.39 Å². The number of benzene rings is 1. The summed E-state index contributed by atoms with van der Waals surface area (Å²) in [5.41, 5.74) is 1.91. The molecule has 1 aromatic carbocycles. The highest BCUT2D eigenvalue weighted by atomic mass is 32.1. The minimum absolute atomic E-state index is 0.0360. The van der Waals surface area contributed by atoms with Crippen molar-refractivity contribution in [2.75, 3.05) is 13.7 Å². The molecule has 3 rings (SSSR count). The van der Waals surface area contributed by atoms with Crippen LogP contribution in [0, 0.1) is 5.82 Å². The molecular weight excluding hydrogens is 301 g/mol. The molecule has 0 saturated heterocycles. The number of thiophene rings is 1. The van der Waals surface area contributed by atoms with Crippen molar-refractivity contribution in [2.24, 2.45) is 0 Å². The SMILES string of the molecule is COc1ccc(CC(=O)N2CCc3sccc3[C@H]2C)cc1F. The number of nitrogens with zero attached hydrogens (tertiary/aromatic N) is 1. The van der Waals surface area contributed by atoms with Gasteiger partial charge in [0.25, 0.3) is 0 Å². The van der Waals surface area contributed by atoms with E-state index in [-0.39, 0.29) is 24.1 Å². The predicted molar refractivity (Wildman–Crippen MR) is 84.8 cm³/mol. The molecule has 0 spiro atoms. The summed E-state index contributed by atoms with van der Waals surface area (Å²) in [5.74, 6) is -0.195. The van der Waals surface area contributed by atoms with Gasteiger partial charge in [-0.1, -0.05) is 6.07 Å². The molecule has 1 amide bonds. The summed E-state index contributed by atoms with van der Waals surface area (Å²) in [6, 6.07) is 6.86. The summed E-state index contributed by atoms with van der Waals surface area (Å²) in [6.07, 6.45) is 1.12. The van der Waals surface area contributed by atoms with Gasteiger partial charge in [0.15, 0.2) is 11.6 Å². The van der Waals surface area contributed by atoms with Crippen LogP contribution in [-0.4, -0.2) is 24.5 Å². The van der Waals surface area contributed by atoms with Crippen molar-refractivity contribution < 1.29 is 13.9 Å². The topological polar surface area (TPSA) is 29.5 Å². The summed E-state index contributed by atoms with van der Waals surface area (Å²) in [6.45, 7) is 2.78. The number of ether oxygens (including phenoxy) is 1. The van der Waals surface area contributed by atoms with Gasteiger partial charge in [0, 0.05) is 11.4 Å². The van der Waals surface area contributed by atoms with E-state index in [1.807, 2.05) is 4.90 Å². The second kappa shape index (κ2) is 6.08. The molecule has 116 valence electrons. The maximum Gasteiger partial charge on any atom is 0.227 e. The minimum Gasteiger partial charge on any atom is -0.494 e. The van der Waals surface area contributed by atoms with Crippen molar-refractivity contribution in [1.29, 1.82) is 0 Å². The van der Waals surface area contributed by atoms with Crippen LogP contribution in [0.25, 0.3) is 0 Å². The Kier molecular flexibility index (Phi) is 4.16. The van der Waals surface area contributed by atoms with Crippen LogP contribution >= 0.6 is 11.3 Å². The summed E-state index contributed by atoms with van der Waals surface area (Å²) in [7, 11) is 1.43. The van der Waals surface area contributed by atoms with Crippen LogP contribution < -0.4 is 4.74 Å². The maximum atomic E-state index is 13.7. The van der Waals surface area contributed by atoms with E-state index < -0.39 is 5.82 Å². The average Bonchev–Trinajstić information content (AvgIpc) is 2.97. The predicted octanol–water partition coefficient (Wildman–Crippen LogP) is 3.58. The third-order valence-electron chi connectivity index (χ3n) is 4.17. The largest absolute Gasteiger partial charge is 0.494 e. The van der Waals surface area contributed by atoms with E-state index in [2.05, 4.69) is 18.4 Å².